The van der Waals surface area contributed by atoms with Crippen LogP contribution in [0.2, 0.25) is 0 Å². The molecule has 0 amide bonds. The Balaban J connectivity index is 2.05. The van der Waals surface area contributed by atoms with Gasteiger partial charge in [-0.3, -0.25) is 0 Å². The molecule has 7 heteroatoms. The van der Waals surface area contributed by atoms with Crippen molar-refractivity contribution in [2.45, 2.75) is 55.9 Å². The summed E-state index contributed by atoms with van der Waals surface area (Å²) in [4.78, 5) is 6.35. The van der Waals surface area contributed by atoms with Gasteiger partial charge in [0.05, 0.1) is 4.90 Å². The van der Waals surface area contributed by atoms with E-state index in [2.05, 4.69) is 4.98 Å². The van der Waals surface area contributed by atoms with Crippen LogP contribution in [0.25, 0.3) is 0 Å². The fourth-order valence-electron chi connectivity index (χ4n) is 3.15. The summed E-state index contributed by atoms with van der Waals surface area (Å²) in [5.74, 6) is 0.580. The van der Waals surface area contributed by atoms with E-state index in [-0.39, 0.29) is 9.92 Å². The molecule has 26 heavy (non-hydrogen) atoms. The van der Waals surface area contributed by atoms with Crippen LogP contribution in [0, 0.1) is 11.7 Å². The molecule has 2 aromatic rings. The van der Waals surface area contributed by atoms with Gasteiger partial charge in [0, 0.05) is 19.5 Å². The summed E-state index contributed by atoms with van der Waals surface area (Å²) in [6.07, 6.45) is 4.82. The van der Waals surface area contributed by atoms with Gasteiger partial charge in [0.15, 0.2) is 5.89 Å². The number of oxazole rings is 1. The third kappa shape index (κ3) is 4.09. The fourth-order valence-corrected chi connectivity index (χ4v) is 4.49. The van der Waals surface area contributed by atoms with Crippen molar-refractivity contribution in [2.75, 3.05) is 18.0 Å². The van der Waals surface area contributed by atoms with E-state index in [4.69, 9.17) is 4.42 Å². The normalized spacial score (nSPS) is 16.1. The second-order valence-corrected chi connectivity index (χ2v) is 9.04. The third-order valence-corrected chi connectivity index (χ3v) is 6.15. The largest absolute Gasteiger partial charge is 0.424 e. The molecule has 0 aliphatic carbocycles. The van der Waals surface area contributed by atoms with E-state index >= 15 is 0 Å². The number of aromatic nitrogens is 1. The highest BCUT2D eigenvalue weighted by atomic mass is 32.2. The average Bonchev–Trinajstić information content (AvgIpc) is 2.82. The number of nitrogens with zero attached hydrogens (tertiary/aromatic N) is 2. The SMILES string of the molecule is CC(C)Cc1nc(S(=O)(=O)c2ccc(F)cc2)c(N2CCCCCC2)o1. The van der Waals surface area contributed by atoms with Gasteiger partial charge in [-0.1, -0.05) is 26.7 Å². The summed E-state index contributed by atoms with van der Waals surface area (Å²) < 4.78 is 45.4. The van der Waals surface area contributed by atoms with Crippen LogP contribution in [0.1, 0.15) is 45.4 Å². The Morgan fingerprint density at radius 3 is 2.31 bits per heavy atom. The molecule has 1 aromatic carbocycles. The topological polar surface area (TPSA) is 63.4 Å². The van der Waals surface area contributed by atoms with Crippen molar-refractivity contribution in [3.8, 4) is 0 Å². The second-order valence-electron chi connectivity index (χ2n) is 7.17. The lowest BCUT2D eigenvalue weighted by atomic mass is 10.1. The van der Waals surface area contributed by atoms with Gasteiger partial charge < -0.3 is 9.32 Å². The molecule has 1 aromatic heterocycles. The average molecular weight is 380 g/mol. The lowest BCUT2D eigenvalue weighted by Crippen LogP contribution is -2.25. The van der Waals surface area contributed by atoms with Crippen molar-refractivity contribution < 1.29 is 17.2 Å². The van der Waals surface area contributed by atoms with Crippen molar-refractivity contribution in [3.63, 3.8) is 0 Å². The van der Waals surface area contributed by atoms with Crippen LogP contribution in [0.4, 0.5) is 10.3 Å². The van der Waals surface area contributed by atoms with Crippen LogP contribution in [0.5, 0.6) is 0 Å². The number of rotatable bonds is 5. The predicted molar refractivity (Wildman–Crippen MR) is 97.6 cm³/mol. The van der Waals surface area contributed by atoms with E-state index in [0.717, 1.165) is 50.9 Å². The smallest absolute Gasteiger partial charge is 0.236 e. The molecule has 5 nitrogen and oxygen atoms in total. The van der Waals surface area contributed by atoms with Crippen molar-refractivity contribution >= 4 is 15.7 Å². The highest BCUT2D eigenvalue weighted by Gasteiger charge is 2.31. The molecule has 0 spiro atoms. The summed E-state index contributed by atoms with van der Waals surface area (Å²) in [5, 5.41) is -0.0540. The zero-order valence-electron chi connectivity index (χ0n) is 15.2. The summed E-state index contributed by atoms with van der Waals surface area (Å²) in [5.41, 5.74) is 0. The third-order valence-electron chi connectivity index (χ3n) is 4.48. The number of sulfone groups is 1. The van der Waals surface area contributed by atoms with Gasteiger partial charge in [0.2, 0.25) is 20.7 Å². The van der Waals surface area contributed by atoms with Crippen LogP contribution in [0.15, 0.2) is 38.6 Å². The quantitative estimate of drug-likeness (QED) is 0.727. The maximum Gasteiger partial charge on any atom is 0.236 e. The Bertz CT molecular complexity index is 836. The zero-order valence-corrected chi connectivity index (χ0v) is 16.1. The molecule has 0 bridgehead atoms. The molecule has 0 atom stereocenters. The minimum Gasteiger partial charge on any atom is -0.424 e. The molecule has 1 fully saturated rings. The van der Waals surface area contributed by atoms with Gasteiger partial charge in [-0.05, 0) is 43.0 Å². The summed E-state index contributed by atoms with van der Waals surface area (Å²) in [7, 11) is -3.88. The van der Waals surface area contributed by atoms with Crippen molar-refractivity contribution in [3.05, 3.63) is 36.0 Å². The minimum absolute atomic E-state index is 0.0272. The van der Waals surface area contributed by atoms with Gasteiger partial charge in [-0.2, -0.15) is 4.98 Å². The molecule has 1 aliphatic heterocycles. The lowest BCUT2D eigenvalue weighted by Gasteiger charge is -2.20. The van der Waals surface area contributed by atoms with E-state index in [1.54, 1.807) is 0 Å². The number of anilines is 1. The highest BCUT2D eigenvalue weighted by Crippen LogP contribution is 2.33. The van der Waals surface area contributed by atoms with Gasteiger partial charge in [-0.25, -0.2) is 12.8 Å². The van der Waals surface area contributed by atoms with Gasteiger partial charge in [-0.15, -0.1) is 0 Å². The number of halogens is 1. The van der Waals surface area contributed by atoms with Crippen molar-refractivity contribution in [2.24, 2.45) is 5.92 Å². The Hall–Kier alpha value is -1.89. The zero-order chi connectivity index (χ0) is 18.7. The molecule has 3 rings (SSSR count). The molecular formula is C19H25FN2O3S. The first-order valence-electron chi connectivity index (χ1n) is 9.13. The maximum absolute atomic E-state index is 13.2. The van der Waals surface area contributed by atoms with E-state index in [9.17, 15) is 12.8 Å². The number of benzene rings is 1. The van der Waals surface area contributed by atoms with Crippen LogP contribution in [-0.4, -0.2) is 26.5 Å². The van der Waals surface area contributed by atoms with Crippen LogP contribution in [-0.2, 0) is 16.3 Å². The molecule has 2 heterocycles. The van der Waals surface area contributed by atoms with Gasteiger partial charge in [0.25, 0.3) is 0 Å². The van der Waals surface area contributed by atoms with Crippen molar-refractivity contribution in [1.29, 1.82) is 0 Å². The monoisotopic (exact) mass is 380 g/mol. The molecule has 142 valence electrons. The maximum atomic E-state index is 13.2. The Morgan fingerprint density at radius 1 is 1.12 bits per heavy atom. The standard InChI is InChI=1S/C19H25FN2O3S/c1-14(2)13-17-21-18(19(25-17)22-11-5-3-4-6-12-22)26(23,24)16-9-7-15(20)8-10-16/h7-10,14H,3-6,11-13H2,1-2H3. The van der Waals surface area contributed by atoms with Crippen LogP contribution >= 0.6 is 0 Å². The Morgan fingerprint density at radius 2 is 1.73 bits per heavy atom. The molecular weight excluding hydrogens is 355 g/mol. The number of hydrogen-bond donors (Lipinski definition) is 0. The molecule has 0 unspecified atom stereocenters. The first-order chi connectivity index (χ1) is 12.4. The molecule has 0 radical (unpaired) electrons. The summed E-state index contributed by atoms with van der Waals surface area (Å²) >= 11 is 0. The lowest BCUT2D eigenvalue weighted by molar-refractivity contribution is 0.452. The summed E-state index contributed by atoms with van der Waals surface area (Å²) in [6, 6.07) is 4.84. The number of hydrogen-bond acceptors (Lipinski definition) is 5. The molecule has 1 saturated heterocycles. The van der Waals surface area contributed by atoms with Crippen LogP contribution < -0.4 is 4.90 Å². The minimum atomic E-state index is -3.88. The highest BCUT2D eigenvalue weighted by molar-refractivity contribution is 7.91. The first-order valence-corrected chi connectivity index (χ1v) is 10.6. The van der Waals surface area contributed by atoms with Crippen molar-refractivity contribution in [1.82, 2.24) is 4.98 Å². The van der Waals surface area contributed by atoms with Gasteiger partial charge >= 0.3 is 0 Å². The molecule has 0 N–H and O–H groups in total. The van der Waals surface area contributed by atoms with E-state index in [1.807, 2.05) is 18.7 Å². The predicted octanol–water partition coefficient (Wildman–Crippen LogP) is 4.23. The van der Waals surface area contributed by atoms with Gasteiger partial charge in [0.1, 0.15) is 5.82 Å². The molecule has 1 aliphatic rings. The fraction of sp³-hybridized carbons (Fsp3) is 0.526. The van der Waals surface area contributed by atoms with Crippen LogP contribution in [0.3, 0.4) is 0 Å². The van der Waals surface area contributed by atoms with E-state index < -0.39 is 15.7 Å². The van der Waals surface area contributed by atoms with E-state index in [0.29, 0.717) is 24.1 Å². The Kier molecular flexibility index (Phi) is 5.65. The first kappa shape index (κ1) is 18.9. The van der Waals surface area contributed by atoms with E-state index in [1.165, 1.54) is 12.1 Å². The summed E-state index contributed by atoms with van der Waals surface area (Å²) in [6.45, 7) is 5.57. The molecule has 0 saturated carbocycles. The second kappa shape index (κ2) is 7.78. The Labute approximate surface area is 154 Å².